The van der Waals surface area contributed by atoms with Crippen LogP contribution in [-0.4, -0.2) is 22.6 Å². The van der Waals surface area contributed by atoms with E-state index in [1.807, 2.05) is 54.6 Å². The summed E-state index contributed by atoms with van der Waals surface area (Å²) in [5.74, 6) is -1.35. The molecule has 0 radical (unpaired) electrons. The van der Waals surface area contributed by atoms with Crippen LogP contribution in [0, 0.1) is 0 Å². The molecule has 0 bridgehead atoms. The average molecular weight is 488 g/mol. The van der Waals surface area contributed by atoms with Crippen molar-refractivity contribution in [1.82, 2.24) is 4.90 Å². The summed E-state index contributed by atoms with van der Waals surface area (Å²) in [6.45, 7) is 2.28. The number of imide groups is 1. The number of benzene rings is 3. The lowest BCUT2D eigenvalue weighted by atomic mass is 10.1. The highest BCUT2D eigenvalue weighted by Gasteiger charge is 2.37. The Bertz CT molecular complexity index is 1270. The first-order chi connectivity index (χ1) is 17.0. The molecule has 0 saturated heterocycles. The molecule has 1 aliphatic rings. The average Bonchev–Trinajstić information content (AvgIpc) is 3.07. The summed E-state index contributed by atoms with van der Waals surface area (Å²) in [7, 11) is 0. The van der Waals surface area contributed by atoms with Crippen molar-refractivity contribution < 1.29 is 14.4 Å². The molecule has 3 aromatic carbocycles. The normalized spacial score (nSPS) is 13.4. The van der Waals surface area contributed by atoms with E-state index in [1.54, 1.807) is 24.3 Å². The topological polar surface area (TPSA) is 78.5 Å². The summed E-state index contributed by atoms with van der Waals surface area (Å²) in [6.07, 6.45) is 3.28. The molecule has 0 aliphatic carbocycles. The molecule has 3 amide bonds. The highest BCUT2D eigenvalue weighted by molar-refractivity contribution is 6.48. The number of rotatable bonds is 9. The minimum atomic E-state index is -0.556. The zero-order chi connectivity index (χ0) is 24.8. The number of unbranched alkanes of at least 4 members (excludes halogenated alkanes) is 1. The van der Waals surface area contributed by atoms with E-state index in [9.17, 15) is 14.4 Å². The second-order valence-corrected chi connectivity index (χ2v) is 8.71. The van der Waals surface area contributed by atoms with Crippen molar-refractivity contribution in [3.63, 3.8) is 0 Å². The summed E-state index contributed by atoms with van der Waals surface area (Å²) in [6, 6.07) is 23.7. The standard InChI is InChI=1S/C28H26ClN3O3/c1-2-3-8-19-13-15-22(16-14-19)31-26(33)21-11-7-12-23(17-21)30-25-24(29)27(34)32(28(25)35)18-20-9-5-4-6-10-20/h4-7,9-17,30H,2-3,8,18H2,1H3,(H,31,33). The van der Waals surface area contributed by atoms with Crippen LogP contribution in [0.25, 0.3) is 0 Å². The second kappa shape index (κ2) is 11.0. The summed E-state index contributed by atoms with van der Waals surface area (Å²) < 4.78 is 0. The Morgan fingerprint density at radius 2 is 1.60 bits per heavy atom. The molecule has 0 aromatic heterocycles. The Morgan fingerprint density at radius 3 is 2.31 bits per heavy atom. The van der Waals surface area contributed by atoms with Gasteiger partial charge in [0.25, 0.3) is 17.7 Å². The van der Waals surface area contributed by atoms with Crippen molar-refractivity contribution in [2.24, 2.45) is 0 Å². The number of amides is 3. The molecule has 0 atom stereocenters. The van der Waals surface area contributed by atoms with E-state index in [2.05, 4.69) is 17.6 Å². The summed E-state index contributed by atoms with van der Waals surface area (Å²) in [4.78, 5) is 39.4. The van der Waals surface area contributed by atoms with E-state index in [4.69, 9.17) is 11.6 Å². The van der Waals surface area contributed by atoms with Crippen LogP contribution in [0.1, 0.15) is 41.3 Å². The van der Waals surface area contributed by atoms with E-state index < -0.39 is 11.8 Å². The van der Waals surface area contributed by atoms with Gasteiger partial charge in [0.1, 0.15) is 10.7 Å². The van der Waals surface area contributed by atoms with Gasteiger partial charge < -0.3 is 10.6 Å². The number of carbonyl (C=O) groups excluding carboxylic acids is 3. The molecule has 2 N–H and O–H groups in total. The minimum Gasteiger partial charge on any atom is -0.350 e. The molecule has 35 heavy (non-hydrogen) atoms. The third kappa shape index (κ3) is 5.78. The van der Waals surface area contributed by atoms with Gasteiger partial charge in [0.15, 0.2) is 0 Å². The quantitative estimate of drug-likeness (QED) is 0.379. The zero-order valence-corrected chi connectivity index (χ0v) is 20.1. The van der Waals surface area contributed by atoms with Crippen molar-refractivity contribution >= 4 is 40.7 Å². The van der Waals surface area contributed by atoms with Crippen molar-refractivity contribution in [3.05, 3.63) is 106 Å². The van der Waals surface area contributed by atoms with Gasteiger partial charge in [0.05, 0.1) is 6.54 Å². The van der Waals surface area contributed by atoms with Gasteiger partial charge in [-0.15, -0.1) is 0 Å². The molecule has 0 fully saturated rings. The molecule has 4 rings (SSSR count). The maximum atomic E-state index is 12.9. The van der Waals surface area contributed by atoms with Crippen LogP contribution in [0.3, 0.4) is 0 Å². The molecule has 0 saturated carbocycles. The Balaban J connectivity index is 1.43. The van der Waals surface area contributed by atoms with Gasteiger partial charge in [-0.25, -0.2) is 0 Å². The lowest BCUT2D eigenvalue weighted by Gasteiger charge is -2.15. The van der Waals surface area contributed by atoms with Gasteiger partial charge in [-0.05, 0) is 54.3 Å². The Hall–Kier alpha value is -3.90. The maximum absolute atomic E-state index is 12.9. The van der Waals surface area contributed by atoms with E-state index in [0.717, 1.165) is 29.7 Å². The first kappa shape index (κ1) is 24.2. The van der Waals surface area contributed by atoms with Crippen LogP contribution in [-0.2, 0) is 22.6 Å². The monoisotopic (exact) mass is 487 g/mol. The number of anilines is 2. The Morgan fingerprint density at radius 1 is 0.857 bits per heavy atom. The fraction of sp³-hybridized carbons (Fsp3) is 0.179. The number of halogens is 1. The van der Waals surface area contributed by atoms with Crippen molar-refractivity contribution in [1.29, 1.82) is 0 Å². The van der Waals surface area contributed by atoms with Crippen LogP contribution in [0.2, 0.25) is 0 Å². The van der Waals surface area contributed by atoms with Crippen LogP contribution in [0.5, 0.6) is 0 Å². The van der Waals surface area contributed by atoms with Crippen LogP contribution < -0.4 is 10.6 Å². The van der Waals surface area contributed by atoms with Gasteiger partial charge in [0, 0.05) is 16.9 Å². The predicted molar refractivity (Wildman–Crippen MR) is 138 cm³/mol. The van der Waals surface area contributed by atoms with Gasteiger partial charge in [0.2, 0.25) is 0 Å². The first-order valence-electron chi connectivity index (χ1n) is 11.5. The number of nitrogens with zero attached hydrogens (tertiary/aromatic N) is 1. The number of aryl methyl sites for hydroxylation is 1. The van der Waals surface area contributed by atoms with Crippen LogP contribution in [0.4, 0.5) is 11.4 Å². The second-order valence-electron chi connectivity index (χ2n) is 8.33. The van der Waals surface area contributed by atoms with E-state index >= 15 is 0 Å². The SMILES string of the molecule is CCCCc1ccc(NC(=O)c2cccc(NC3=C(Cl)C(=O)N(Cc4ccccc4)C3=O)c2)cc1. The lowest BCUT2D eigenvalue weighted by Crippen LogP contribution is -2.31. The highest BCUT2D eigenvalue weighted by Crippen LogP contribution is 2.27. The molecule has 0 spiro atoms. The first-order valence-corrected chi connectivity index (χ1v) is 11.9. The van der Waals surface area contributed by atoms with Crippen LogP contribution >= 0.6 is 11.6 Å². The molecule has 3 aromatic rings. The Kier molecular flexibility index (Phi) is 7.63. The Labute approximate surface area is 209 Å². The van der Waals surface area contributed by atoms with Crippen molar-refractivity contribution in [2.75, 3.05) is 10.6 Å². The number of carbonyl (C=O) groups is 3. The van der Waals surface area contributed by atoms with E-state index in [0.29, 0.717) is 16.9 Å². The summed E-state index contributed by atoms with van der Waals surface area (Å²) >= 11 is 6.21. The largest absolute Gasteiger partial charge is 0.350 e. The smallest absolute Gasteiger partial charge is 0.279 e. The van der Waals surface area contributed by atoms with Crippen molar-refractivity contribution in [2.45, 2.75) is 32.7 Å². The fourth-order valence-electron chi connectivity index (χ4n) is 3.79. The van der Waals surface area contributed by atoms with Crippen LogP contribution in [0.15, 0.2) is 89.6 Å². The third-order valence-corrected chi connectivity index (χ3v) is 6.07. The number of hydrogen-bond acceptors (Lipinski definition) is 4. The van der Waals surface area contributed by atoms with E-state index in [1.165, 1.54) is 5.56 Å². The molecular weight excluding hydrogens is 462 g/mol. The molecule has 1 heterocycles. The predicted octanol–water partition coefficient (Wildman–Crippen LogP) is 5.71. The fourth-order valence-corrected chi connectivity index (χ4v) is 4.02. The molecule has 178 valence electrons. The van der Waals surface area contributed by atoms with Crippen molar-refractivity contribution in [3.8, 4) is 0 Å². The highest BCUT2D eigenvalue weighted by atomic mass is 35.5. The summed E-state index contributed by atoms with van der Waals surface area (Å²) in [5, 5.41) is 5.64. The maximum Gasteiger partial charge on any atom is 0.279 e. The van der Waals surface area contributed by atoms with Gasteiger partial charge in [-0.3, -0.25) is 19.3 Å². The summed E-state index contributed by atoms with van der Waals surface area (Å²) in [5.41, 5.74) is 3.62. The molecule has 6 nitrogen and oxygen atoms in total. The van der Waals surface area contributed by atoms with E-state index in [-0.39, 0.29) is 23.2 Å². The molecule has 7 heteroatoms. The third-order valence-electron chi connectivity index (χ3n) is 5.72. The van der Waals surface area contributed by atoms with Gasteiger partial charge in [-0.1, -0.05) is 73.5 Å². The number of nitrogens with one attached hydrogen (secondary N) is 2. The van der Waals surface area contributed by atoms with Gasteiger partial charge in [-0.2, -0.15) is 0 Å². The zero-order valence-electron chi connectivity index (χ0n) is 19.4. The lowest BCUT2D eigenvalue weighted by molar-refractivity contribution is -0.138. The molecule has 1 aliphatic heterocycles. The molecule has 0 unspecified atom stereocenters. The number of hydrogen-bond donors (Lipinski definition) is 2. The minimum absolute atomic E-state index is 0.00664. The van der Waals surface area contributed by atoms with Gasteiger partial charge >= 0.3 is 0 Å². The molecular formula is C28H26ClN3O3.